The summed E-state index contributed by atoms with van der Waals surface area (Å²) in [6.45, 7) is 0. The zero-order chi connectivity index (χ0) is 12.8. The van der Waals surface area contributed by atoms with Crippen LogP contribution in [-0.2, 0) is 0 Å². The SMILES string of the molecule is N/C(=N/N=C\c1ccc(O)cc1)c1ccccn1. The Bertz CT molecular complexity index is 561. The fourth-order valence-electron chi connectivity index (χ4n) is 1.28. The van der Waals surface area contributed by atoms with Gasteiger partial charge in [0.1, 0.15) is 11.4 Å². The molecule has 2 aromatic rings. The number of hydrogen-bond donors (Lipinski definition) is 2. The molecule has 3 N–H and O–H groups in total. The van der Waals surface area contributed by atoms with Gasteiger partial charge in [0.05, 0.1) is 6.21 Å². The Labute approximate surface area is 104 Å². The van der Waals surface area contributed by atoms with Gasteiger partial charge in [-0.2, -0.15) is 5.10 Å². The van der Waals surface area contributed by atoms with Gasteiger partial charge in [0, 0.05) is 6.20 Å². The number of aromatic hydroxyl groups is 1. The molecule has 0 saturated heterocycles. The second-order valence-electron chi connectivity index (χ2n) is 3.54. The first-order valence-electron chi connectivity index (χ1n) is 5.32. The first-order chi connectivity index (χ1) is 8.75. The van der Waals surface area contributed by atoms with Crippen LogP contribution in [0.2, 0.25) is 0 Å². The van der Waals surface area contributed by atoms with Crippen LogP contribution in [0.25, 0.3) is 0 Å². The van der Waals surface area contributed by atoms with Crippen LogP contribution in [0.5, 0.6) is 5.75 Å². The van der Waals surface area contributed by atoms with Crippen molar-refractivity contribution in [3.05, 3.63) is 59.9 Å². The molecule has 0 atom stereocenters. The molecule has 0 aliphatic rings. The molecule has 90 valence electrons. The van der Waals surface area contributed by atoms with Crippen LogP contribution in [0, 0.1) is 0 Å². The molecule has 0 spiro atoms. The third-order valence-corrected chi connectivity index (χ3v) is 2.19. The van der Waals surface area contributed by atoms with E-state index in [-0.39, 0.29) is 11.6 Å². The molecule has 0 aliphatic heterocycles. The Hall–Kier alpha value is -2.69. The van der Waals surface area contributed by atoms with E-state index >= 15 is 0 Å². The van der Waals surface area contributed by atoms with E-state index in [1.807, 2.05) is 6.07 Å². The van der Waals surface area contributed by atoms with Gasteiger partial charge in [-0.25, -0.2) is 0 Å². The minimum atomic E-state index is 0.212. The molecule has 0 unspecified atom stereocenters. The standard InChI is InChI=1S/C13H12N4O/c14-13(12-3-1-2-8-15-12)17-16-9-10-4-6-11(18)7-5-10/h1-9,18H,(H2,14,17)/b16-9-. The highest BCUT2D eigenvalue weighted by Gasteiger charge is 1.96. The second-order valence-corrected chi connectivity index (χ2v) is 3.54. The third kappa shape index (κ3) is 3.15. The summed E-state index contributed by atoms with van der Waals surface area (Å²) in [6, 6.07) is 12.0. The van der Waals surface area contributed by atoms with Crippen molar-refractivity contribution in [3.8, 4) is 5.75 Å². The number of nitrogens with zero attached hydrogens (tertiary/aromatic N) is 3. The molecule has 0 radical (unpaired) electrons. The molecule has 1 heterocycles. The number of amidine groups is 1. The first-order valence-corrected chi connectivity index (χ1v) is 5.32. The van der Waals surface area contributed by atoms with Gasteiger partial charge in [-0.1, -0.05) is 6.07 Å². The molecule has 5 nitrogen and oxygen atoms in total. The minimum Gasteiger partial charge on any atom is -0.508 e. The number of aromatic nitrogens is 1. The molecule has 1 aromatic carbocycles. The predicted molar refractivity (Wildman–Crippen MR) is 70.7 cm³/mol. The molecule has 1 aromatic heterocycles. The van der Waals surface area contributed by atoms with Crippen molar-refractivity contribution in [3.63, 3.8) is 0 Å². The van der Waals surface area contributed by atoms with Crippen molar-refractivity contribution in [2.24, 2.45) is 15.9 Å². The maximum atomic E-state index is 9.12. The fourth-order valence-corrected chi connectivity index (χ4v) is 1.28. The molecular weight excluding hydrogens is 228 g/mol. The lowest BCUT2D eigenvalue weighted by Gasteiger charge is -1.95. The minimum absolute atomic E-state index is 0.212. The smallest absolute Gasteiger partial charge is 0.171 e. The Kier molecular flexibility index (Phi) is 3.66. The van der Waals surface area contributed by atoms with Gasteiger partial charge in [-0.05, 0) is 42.0 Å². The summed E-state index contributed by atoms with van der Waals surface area (Å²) in [4.78, 5) is 4.05. The largest absolute Gasteiger partial charge is 0.508 e. The normalized spacial score (nSPS) is 11.9. The summed E-state index contributed by atoms with van der Waals surface area (Å²) < 4.78 is 0. The lowest BCUT2D eigenvalue weighted by atomic mass is 10.2. The summed E-state index contributed by atoms with van der Waals surface area (Å²) in [5, 5.41) is 16.8. The number of pyridine rings is 1. The van der Waals surface area contributed by atoms with Crippen LogP contribution in [0.1, 0.15) is 11.3 Å². The van der Waals surface area contributed by atoms with Crippen molar-refractivity contribution < 1.29 is 5.11 Å². The van der Waals surface area contributed by atoms with E-state index in [2.05, 4.69) is 15.2 Å². The predicted octanol–water partition coefficient (Wildman–Crippen LogP) is 1.53. The van der Waals surface area contributed by atoms with Crippen molar-refractivity contribution in [1.29, 1.82) is 0 Å². The van der Waals surface area contributed by atoms with Gasteiger partial charge in [-0.3, -0.25) is 4.98 Å². The van der Waals surface area contributed by atoms with Crippen LogP contribution in [-0.4, -0.2) is 22.1 Å². The van der Waals surface area contributed by atoms with E-state index in [1.54, 1.807) is 48.8 Å². The molecule has 0 aliphatic carbocycles. The van der Waals surface area contributed by atoms with Gasteiger partial charge in [0.2, 0.25) is 0 Å². The topological polar surface area (TPSA) is 83.9 Å². The quantitative estimate of drug-likeness (QED) is 0.484. The zero-order valence-electron chi connectivity index (χ0n) is 9.56. The van der Waals surface area contributed by atoms with Crippen LogP contribution >= 0.6 is 0 Å². The van der Waals surface area contributed by atoms with E-state index in [0.29, 0.717) is 5.69 Å². The van der Waals surface area contributed by atoms with Crippen molar-refractivity contribution in [2.75, 3.05) is 0 Å². The number of phenols is 1. The van der Waals surface area contributed by atoms with Crippen LogP contribution < -0.4 is 5.73 Å². The summed E-state index contributed by atoms with van der Waals surface area (Å²) in [5.41, 5.74) is 7.13. The van der Waals surface area contributed by atoms with Crippen LogP contribution in [0.15, 0.2) is 58.9 Å². The summed E-state index contributed by atoms with van der Waals surface area (Å²) in [5.74, 6) is 0.467. The van der Waals surface area contributed by atoms with Crippen molar-refractivity contribution in [1.82, 2.24) is 4.98 Å². The molecule has 2 rings (SSSR count). The van der Waals surface area contributed by atoms with Gasteiger partial charge >= 0.3 is 0 Å². The highest BCUT2D eigenvalue weighted by atomic mass is 16.3. The van der Waals surface area contributed by atoms with Crippen molar-refractivity contribution in [2.45, 2.75) is 0 Å². The lowest BCUT2D eigenvalue weighted by Crippen LogP contribution is -2.14. The van der Waals surface area contributed by atoms with E-state index in [1.165, 1.54) is 0 Å². The maximum absolute atomic E-state index is 9.12. The van der Waals surface area contributed by atoms with Gasteiger partial charge in [-0.15, -0.1) is 5.10 Å². The number of benzene rings is 1. The Morgan fingerprint density at radius 3 is 2.61 bits per heavy atom. The summed E-state index contributed by atoms with van der Waals surface area (Å²) in [6.07, 6.45) is 3.19. The Balaban J connectivity index is 2.08. The number of hydrogen-bond acceptors (Lipinski definition) is 4. The lowest BCUT2D eigenvalue weighted by molar-refractivity contribution is 0.475. The average molecular weight is 240 g/mol. The molecule has 5 heteroatoms. The fraction of sp³-hybridized carbons (Fsp3) is 0. The highest BCUT2D eigenvalue weighted by molar-refractivity contribution is 5.95. The molecule has 18 heavy (non-hydrogen) atoms. The van der Waals surface area contributed by atoms with Crippen LogP contribution in [0.4, 0.5) is 0 Å². The number of phenolic OH excluding ortho intramolecular Hbond substituents is 1. The monoisotopic (exact) mass is 240 g/mol. The average Bonchev–Trinajstić information content (AvgIpc) is 2.42. The zero-order valence-corrected chi connectivity index (χ0v) is 9.56. The van der Waals surface area contributed by atoms with E-state index in [4.69, 9.17) is 10.8 Å². The Morgan fingerprint density at radius 1 is 1.17 bits per heavy atom. The van der Waals surface area contributed by atoms with Crippen molar-refractivity contribution >= 4 is 12.1 Å². The summed E-state index contributed by atoms with van der Waals surface area (Å²) >= 11 is 0. The molecule has 0 bridgehead atoms. The third-order valence-electron chi connectivity index (χ3n) is 2.19. The Morgan fingerprint density at radius 2 is 1.94 bits per heavy atom. The molecule has 0 amide bonds. The molecular formula is C13H12N4O. The summed E-state index contributed by atoms with van der Waals surface area (Å²) in [7, 11) is 0. The van der Waals surface area contributed by atoms with Gasteiger partial charge < -0.3 is 10.8 Å². The van der Waals surface area contributed by atoms with E-state index in [0.717, 1.165) is 5.56 Å². The maximum Gasteiger partial charge on any atom is 0.171 e. The van der Waals surface area contributed by atoms with Gasteiger partial charge in [0.15, 0.2) is 5.84 Å². The molecule has 0 saturated carbocycles. The van der Waals surface area contributed by atoms with E-state index < -0.39 is 0 Å². The molecule has 0 fully saturated rings. The first kappa shape index (κ1) is 11.8. The number of nitrogens with two attached hydrogens (primary N) is 1. The highest BCUT2D eigenvalue weighted by Crippen LogP contribution is 2.07. The van der Waals surface area contributed by atoms with E-state index in [9.17, 15) is 0 Å². The van der Waals surface area contributed by atoms with Crippen LogP contribution in [0.3, 0.4) is 0 Å². The number of rotatable bonds is 3. The van der Waals surface area contributed by atoms with Gasteiger partial charge in [0.25, 0.3) is 0 Å². The second kappa shape index (κ2) is 5.58.